The highest BCUT2D eigenvalue weighted by Crippen LogP contribution is 2.23. The number of nitrogens with one attached hydrogen (secondary N) is 1. The van der Waals surface area contributed by atoms with Crippen LogP contribution in [0, 0.1) is 6.92 Å². The van der Waals surface area contributed by atoms with Crippen molar-refractivity contribution < 1.29 is 22.7 Å². The molecule has 1 aliphatic heterocycles. The van der Waals surface area contributed by atoms with E-state index in [2.05, 4.69) is 5.32 Å². The molecule has 9 heteroatoms. The van der Waals surface area contributed by atoms with Crippen molar-refractivity contribution in [3.63, 3.8) is 0 Å². The molecule has 1 amide bonds. The number of hydrogen-bond acceptors (Lipinski definition) is 6. The van der Waals surface area contributed by atoms with E-state index in [4.69, 9.17) is 4.74 Å². The molecule has 1 aliphatic rings. The van der Waals surface area contributed by atoms with Crippen LogP contribution < -0.4 is 5.32 Å². The van der Waals surface area contributed by atoms with Crippen molar-refractivity contribution in [3.8, 4) is 0 Å². The van der Waals surface area contributed by atoms with Gasteiger partial charge in [-0.05, 0) is 50.1 Å². The molecule has 1 aromatic carbocycles. The SMILES string of the molecule is Cc1ccc(C(=O)OCC(=O)Nc2cccc(S(=O)(=O)N3CCCCCC3)c2)s1. The Morgan fingerprint density at radius 2 is 1.83 bits per heavy atom. The zero-order chi connectivity index (χ0) is 20.9. The smallest absolute Gasteiger partial charge is 0.348 e. The van der Waals surface area contributed by atoms with Gasteiger partial charge in [-0.1, -0.05) is 18.9 Å². The quantitative estimate of drug-likeness (QED) is 0.701. The lowest BCUT2D eigenvalue weighted by atomic mass is 10.2. The summed E-state index contributed by atoms with van der Waals surface area (Å²) < 4.78 is 32.3. The predicted octanol–water partition coefficient (Wildman–Crippen LogP) is 3.42. The largest absolute Gasteiger partial charge is 0.451 e. The number of aryl methyl sites for hydroxylation is 1. The first kappa shape index (κ1) is 21.5. The van der Waals surface area contributed by atoms with Crippen LogP contribution in [-0.4, -0.2) is 44.3 Å². The summed E-state index contributed by atoms with van der Waals surface area (Å²) in [5.74, 6) is -1.09. The van der Waals surface area contributed by atoms with Crippen molar-refractivity contribution in [2.24, 2.45) is 0 Å². The molecule has 29 heavy (non-hydrogen) atoms. The number of thiophene rings is 1. The molecule has 2 heterocycles. The lowest BCUT2D eigenvalue weighted by molar-refractivity contribution is -0.119. The number of nitrogens with zero attached hydrogens (tertiary/aromatic N) is 1. The Balaban J connectivity index is 1.61. The number of carbonyl (C=O) groups excluding carboxylic acids is 2. The molecule has 0 spiro atoms. The number of esters is 1. The molecule has 2 aromatic rings. The summed E-state index contributed by atoms with van der Waals surface area (Å²) in [6.45, 7) is 2.45. The Morgan fingerprint density at radius 1 is 1.10 bits per heavy atom. The van der Waals surface area contributed by atoms with Gasteiger partial charge < -0.3 is 10.1 Å². The number of ether oxygens (including phenoxy) is 1. The number of anilines is 1. The van der Waals surface area contributed by atoms with Crippen molar-refractivity contribution >= 4 is 38.9 Å². The van der Waals surface area contributed by atoms with E-state index in [0.717, 1.165) is 30.6 Å². The van der Waals surface area contributed by atoms with E-state index in [0.29, 0.717) is 23.7 Å². The number of benzene rings is 1. The number of rotatable bonds is 6. The van der Waals surface area contributed by atoms with Gasteiger partial charge in [0.1, 0.15) is 4.88 Å². The van der Waals surface area contributed by atoms with Crippen LogP contribution in [0.2, 0.25) is 0 Å². The van der Waals surface area contributed by atoms with Crippen LogP contribution in [-0.2, 0) is 19.6 Å². The molecule has 1 aromatic heterocycles. The monoisotopic (exact) mass is 436 g/mol. The van der Waals surface area contributed by atoms with Crippen LogP contribution in [0.3, 0.4) is 0 Å². The van der Waals surface area contributed by atoms with Gasteiger partial charge in [0.05, 0.1) is 4.90 Å². The normalized spacial score (nSPS) is 15.5. The van der Waals surface area contributed by atoms with E-state index in [1.165, 1.54) is 27.8 Å². The minimum atomic E-state index is -3.61. The third-order valence-electron chi connectivity index (χ3n) is 4.60. The second-order valence-electron chi connectivity index (χ2n) is 6.88. The lowest BCUT2D eigenvalue weighted by Gasteiger charge is -2.20. The van der Waals surface area contributed by atoms with Crippen molar-refractivity contribution in [2.45, 2.75) is 37.5 Å². The zero-order valence-electron chi connectivity index (χ0n) is 16.2. The number of amides is 1. The average molecular weight is 437 g/mol. The molecule has 1 N–H and O–H groups in total. The Hall–Kier alpha value is -2.23. The first-order chi connectivity index (χ1) is 13.9. The third kappa shape index (κ3) is 5.65. The van der Waals surface area contributed by atoms with Crippen molar-refractivity contribution in [1.82, 2.24) is 4.31 Å². The summed E-state index contributed by atoms with van der Waals surface area (Å²) in [6, 6.07) is 9.59. The molecule has 156 valence electrons. The maximum absolute atomic E-state index is 12.9. The molecule has 1 fully saturated rings. The van der Waals surface area contributed by atoms with Crippen molar-refractivity contribution in [1.29, 1.82) is 0 Å². The minimum Gasteiger partial charge on any atom is -0.451 e. The molecule has 0 unspecified atom stereocenters. The van der Waals surface area contributed by atoms with E-state index in [1.54, 1.807) is 24.3 Å². The average Bonchev–Trinajstić information content (AvgIpc) is 2.95. The van der Waals surface area contributed by atoms with Crippen molar-refractivity contribution in [3.05, 3.63) is 46.2 Å². The second kappa shape index (κ2) is 9.51. The molecule has 0 bridgehead atoms. The van der Waals surface area contributed by atoms with Gasteiger partial charge in [-0.2, -0.15) is 4.31 Å². The molecule has 0 aliphatic carbocycles. The van der Waals surface area contributed by atoms with Gasteiger partial charge in [-0.3, -0.25) is 4.79 Å². The molecular formula is C20H24N2O5S2. The van der Waals surface area contributed by atoms with E-state index in [-0.39, 0.29) is 4.90 Å². The summed E-state index contributed by atoms with van der Waals surface area (Å²) in [5, 5.41) is 2.59. The zero-order valence-corrected chi connectivity index (χ0v) is 17.9. The Morgan fingerprint density at radius 3 is 2.48 bits per heavy atom. The Bertz CT molecular complexity index is 976. The summed E-state index contributed by atoms with van der Waals surface area (Å²) in [4.78, 5) is 25.6. The first-order valence-corrected chi connectivity index (χ1v) is 11.8. The van der Waals surface area contributed by atoms with Crippen molar-refractivity contribution in [2.75, 3.05) is 25.0 Å². The second-order valence-corrected chi connectivity index (χ2v) is 10.1. The number of carbonyl (C=O) groups is 2. The molecule has 0 atom stereocenters. The van der Waals surface area contributed by atoms with Crippen LogP contribution in [0.25, 0.3) is 0 Å². The van der Waals surface area contributed by atoms with E-state index in [1.807, 2.05) is 6.92 Å². The highest BCUT2D eigenvalue weighted by atomic mass is 32.2. The fourth-order valence-corrected chi connectivity index (χ4v) is 5.43. The maximum atomic E-state index is 12.9. The molecular weight excluding hydrogens is 412 g/mol. The fraction of sp³-hybridized carbons (Fsp3) is 0.400. The van der Waals surface area contributed by atoms with E-state index < -0.39 is 28.5 Å². The summed E-state index contributed by atoms with van der Waals surface area (Å²) >= 11 is 1.29. The first-order valence-electron chi connectivity index (χ1n) is 9.50. The topological polar surface area (TPSA) is 92.8 Å². The Labute approximate surface area is 174 Å². The van der Waals surface area contributed by atoms with Crippen LogP contribution in [0.15, 0.2) is 41.3 Å². The standard InChI is InChI=1S/C20H24N2O5S2/c1-15-9-10-18(28-15)20(24)27-14-19(23)21-16-7-6-8-17(13-16)29(25,26)22-11-4-2-3-5-12-22/h6-10,13H,2-5,11-12,14H2,1H3,(H,21,23). The molecule has 7 nitrogen and oxygen atoms in total. The Kier molecular flexibility index (Phi) is 7.05. The summed E-state index contributed by atoms with van der Waals surface area (Å²) in [5.41, 5.74) is 0.342. The van der Waals surface area contributed by atoms with Gasteiger partial charge in [-0.25, -0.2) is 13.2 Å². The number of sulfonamides is 1. The van der Waals surface area contributed by atoms with Crippen LogP contribution >= 0.6 is 11.3 Å². The number of hydrogen-bond donors (Lipinski definition) is 1. The van der Waals surface area contributed by atoms with Gasteiger partial charge in [0.15, 0.2) is 6.61 Å². The van der Waals surface area contributed by atoms with Gasteiger partial charge >= 0.3 is 5.97 Å². The van der Waals surface area contributed by atoms with Crippen LogP contribution in [0.4, 0.5) is 5.69 Å². The highest BCUT2D eigenvalue weighted by molar-refractivity contribution is 7.89. The molecule has 0 saturated carbocycles. The lowest BCUT2D eigenvalue weighted by Crippen LogP contribution is -2.32. The fourth-order valence-electron chi connectivity index (χ4n) is 3.11. The predicted molar refractivity (Wildman–Crippen MR) is 112 cm³/mol. The van der Waals surface area contributed by atoms with Gasteiger partial charge in [0.2, 0.25) is 10.0 Å². The highest BCUT2D eigenvalue weighted by Gasteiger charge is 2.25. The van der Waals surface area contributed by atoms with Crippen LogP contribution in [0.5, 0.6) is 0 Å². The van der Waals surface area contributed by atoms with Gasteiger partial charge in [0, 0.05) is 23.7 Å². The molecule has 0 radical (unpaired) electrons. The molecule has 3 rings (SSSR count). The minimum absolute atomic E-state index is 0.142. The summed E-state index contributed by atoms with van der Waals surface area (Å²) in [7, 11) is -3.61. The molecule has 1 saturated heterocycles. The van der Waals surface area contributed by atoms with E-state index in [9.17, 15) is 18.0 Å². The summed E-state index contributed by atoms with van der Waals surface area (Å²) in [6.07, 6.45) is 3.77. The van der Waals surface area contributed by atoms with Crippen LogP contribution in [0.1, 0.15) is 40.2 Å². The maximum Gasteiger partial charge on any atom is 0.348 e. The van der Waals surface area contributed by atoms with E-state index >= 15 is 0 Å². The third-order valence-corrected chi connectivity index (χ3v) is 7.47. The van der Waals surface area contributed by atoms with Gasteiger partial charge in [0.25, 0.3) is 5.91 Å². The van der Waals surface area contributed by atoms with Gasteiger partial charge in [-0.15, -0.1) is 11.3 Å².